The van der Waals surface area contributed by atoms with Gasteiger partial charge in [0.1, 0.15) is 0 Å². The second-order valence-electron chi connectivity index (χ2n) is 8.00. The fourth-order valence-electron chi connectivity index (χ4n) is 3.83. The van der Waals surface area contributed by atoms with E-state index in [4.69, 9.17) is 5.73 Å². The topological polar surface area (TPSA) is 63.4 Å². The van der Waals surface area contributed by atoms with E-state index in [9.17, 15) is 22.8 Å². The molecule has 3 rings (SSSR count). The van der Waals surface area contributed by atoms with Gasteiger partial charge in [0.05, 0.1) is 5.92 Å². The number of primary amides is 1. The molecule has 33 heavy (non-hydrogen) atoms. The number of hydrogen-bond acceptors (Lipinski definition) is 2. The molecule has 2 N–H and O–H groups in total. The highest BCUT2D eigenvalue weighted by molar-refractivity contribution is 5.94. The van der Waals surface area contributed by atoms with Crippen LogP contribution in [0.15, 0.2) is 54.6 Å². The Labute approximate surface area is 195 Å². The number of benzene rings is 2. The molecule has 0 aliphatic heterocycles. The summed E-state index contributed by atoms with van der Waals surface area (Å²) in [6.07, 6.45) is 1.26. The van der Waals surface area contributed by atoms with Crippen molar-refractivity contribution in [3.05, 3.63) is 71.3 Å². The van der Waals surface area contributed by atoms with E-state index in [-0.39, 0.29) is 30.8 Å². The van der Waals surface area contributed by atoms with Gasteiger partial charge >= 0.3 is 6.18 Å². The maximum atomic E-state index is 12.7. The van der Waals surface area contributed by atoms with Crippen molar-refractivity contribution in [1.82, 2.24) is 4.90 Å². The lowest BCUT2D eigenvalue weighted by Gasteiger charge is -2.33. The lowest BCUT2D eigenvalue weighted by atomic mass is 9.93. The van der Waals surface area contributed by atoms with Gasteiger partial charge in [0.15, 0.2) is 0 Å². The van der Waals surface area contributed by atoms with Gasteiger partial charge in [-0.25, -0.2) is 0 Å². The summed E-state index contributed by atoms with van der Waals surface area (Å²) in [7, 11) is 0. The summed E-state index contributed by atoms with van der Waals surface area (Å²) >= 11 is 0. The Bertz CT molecular complexity index is 861. The number of nitrogens with zero attached hydrogens (tertiary/aromatic N) is 1. The maximum absolute atomic E-state index is 12.7. The molecule has 4 nitrogen and oxygen atoms in total. The Hall–Kier alpha value is -2.83. The summed E-state index contributed by atoms with van der Waals surface area (Å²) in [5.41, 5.74) is 6.19. The van der Waals surface area contributed by atoms with Crippen LogP contribution < -0.4 is 5.73 Å². The summed E-state index contributed by atoms with van der Waals surface area (Å²) in [6.45, 7) is 3.72. The summed E-state index contributed by atoms with van der Waals surface area (Å²) in [4.78, 5) is 24.9. The van der Waals surface area contributed by atoms with Crippen LogP contribution in [0.4, 0.5) is 13.2 Å². The van der Waals surface area contributed by atoms with E-state index >= 15 is 0 Å². The predicted molar refractivity (Wildman–Crippen MR) is 126 cm³/mol. The number of alkyl halides is 3. The maximum Gasteiger partial charge on any atom is 0.395 e. The van der Waals surface area contributed by atoms with Gasteiger partial charge < -0.3 is 10.6 Å². The molecule has 2 aromatic carbocycles. The molecule has 1 aliphatic carbocycles. The van der Waals surface area contributed by atoms with E-state index in [1.165, 1.54) is 30.7 Å². The molecule has 1 fully saturated rings. The minimum Gasteiger partial charge on any atom is -0.366 e. The number of halogens is 3. The van der Waals surface area contributed by atoms with Crippen molar-refractivity contribution in [2.24, 2.45) is 5.73 Å². The Balaban J connectivity index is 0.000000458. The van der Waals surface area contributed by atoms with Gasteiger partial charge in [0, 0.05) is 23.7 Å². The van der Waals surface area contributed by atoms with Gasteiger partial charge in [-0.1, -0.05) is 57.0 Å². The van der Waals surface area contributed by atoms with E-state index in [0.717, 1.165) is 32.6 Å². The van der Waals surface area contributed by atoms with Crippen LogP contribution in [0.3, 0.4) is 0 Å². The molecule has 182 valence electrons. The number of amides is 2. The van der Waals surface area contributed by atoms with E-state index < -0.39 is 12.1 Å². The SMILES string of the molecule is C.CCN(C(=O)c1ccc([C@@H](C)C(F)(F)F)cc1)C1CCCCC1.NC(=O)c1ccccc1. The van der Waals surface area contributed by atoms with Crippen LogP contribution in [-0.2, 0) is 0 Å². The number of nitrogens with two attached hydrogens (primary N) is 1. The van der Waals surface area contributed by atoms with Gasteiger partial charge in [-0.3, -0.25) is 9.59 Å². The molecule has 0 aromatic heterocycles. The number of hydrogen-bond donors (Lipinski definition) is 1. The second kappa shape index (κ2) is 13.0. The van der Waals surface area contributed by atoms with Crippen molar-refractivity contribution < 1.29 is 22.8 Å². The lowest BCUT2D eigenvalue weighted by Crippen LogP contribution is -2.41. The molecule has 0 heterocycles. The van der Waals surface area contributed by atoms with Crippen LogP contribution >= 0.6 is 0 Å². The van der Waals surface area contributed by atoms with Crippen molar-refractivity contribution in [1.29, 1.82) is 0 Å². The molecule has 0 bridgehead atoms. The van der Waals surface area contributed by atoms with E-state index in [1.807, 2.05) is 17.9 Å². The first kappa shape index (κ1) is 28.2. The summed E-state index contributed by atoms with van der Waals surface area (Å²) in [6, 6.07) is 14.9. The average molecular weight is 465 g/mol. The molecular weight excluding hydrogens is 429 g/mol. The third-order valence-electron chi connectivity index (χ3n) is 5.82. The zero-order valence-electron chi connectivity index (χ0n) is 18.6. The molecule has 2 aromatic rings. The minimum absolute atomic E-state index is 0. The molecule has 1 aliphatic rings. The van der Waals surface area contributed by atoms with Gasteiger partial charge in [-0.2, -0.15) is 13.2 Å². The summed E-state index contributed by atoms with van der Waals surface area (Å²) in [5, 5.41) is 0. The highest BCUT2D eigenvalue weighted by Crippen LogP contribution is 2.34. The Morgan fingerprint density at radius 2 is 1.52 bits per heavy atom. The standard InChI is InChI=1S/C18H24F3NO.C7H7NO.CH4/c1-3-22(16-7-5-4-6-8-16)17(23)15-11-9-14(10-12-15)13(2)18(19,20)21;8-7(9)6-4-2-1-3-5-6;/h9-13,16H,3-8H2,1-2H3;1-5H,(H2,8,9);1H4/t13-;;/m1../s1. The van der Waals surface area contributed by atoms with E-state index in [1.54, 1.807) is 24.3 Å². The predicted octanol–water partition coefficient (Wildman–Crippen LogP) is 6.57. The molecule has 7 heteroatoms. The molecule has 1 atom stereocenters. The van der Waals surface area contributed by atoms with Gasteiger partial charge in [0.2, 0.25) is 5.91 Å². The number of carbonyl (C=O) groups is 2. The molecule has 0 saturated heterocycles. The normalized spacial score (nSPS) is 14.8. The zero-order valence-corrected chi connectivity index (χ0v) is 18.6. The second-order valence-corrected chi connectivity index (χ2v) is 8.00. The average Bonchev–Trinajstić information content (AvgIpc) is 2.80. The smallest absolute Gasteiger partial charge is 0.366 e. The first-order valence-electron chi connectivity index (χ1n) is 11.0. The minimum atomic E-state index is -4.26. The van der Waals surface area contributed by atoms with Gasteiger partial charge in [-0.05, 0) is 56.5 Å². The van der Waals surface area contributed by atoms with Crippen molar-refractivity contribution in [2.45, 2.75) is 71.5 Å². The molecule has 0 spiro atoms. The Morgan fingerprint density at radius 1 is 0.970 bits per heavy atom. The van der Waals surface area contributed by atoms with Crippen molar-refractivity contribution in [3.8, 4) is 0 Å². The quantitative estimate of drug-likeness (QED) is 0.544. The summed E-state index contributed by atoms with van der Waals surface area (Å²) in [5.74, 6) is -1.98. The van der Waals surface area contributed by atoms with Crippen LogP contribution in [0.25, 0.3) is 0 Å². The van der Waals surface area contributed by atoms with Crippen molar-refractivity contribution >= 4 is 11.8 Å². The van der Waals surface area contributed by atoms with Crippen LogP contribution in [0, 0.1) is 0 Å². The Kier molecular flexibility index (Phi) is 11.1. The van der Waals surface area contributed by atoms with E-state index in [2.05, 4.69) is 0 Å². The van der Waals surface area contributed by atoms with Crippen LogP contribution in [0.1, 0.15) is 85.6 Å². The fraction of sp³-hybridized carbons (Fsp3) is 0.462. The molecule has 2 amide bonds. The van der Waals surface area contributed by atoms with Crippen LogP contribution in [-0.4, -0.2) is 35.5 Å². The Morgan fingerprint density at radius 3 is 1.94 bits per heavy atom. The lowest BCUT2D eigenvalue weighted by molar-refractivity contribution is -0.146. The van der Waals surface area contributed by atoms with Crippen LogP contribution in [0.5, 0.6) is 0 Å². The van der Waals surface area contributed by atoms with Crippen molar-refractivity contribution in [2.75, 3.05) is 6.54 Å². The highest BCUT2D eigenvalue weighted by atomic mass is 19.4. The number of carbonyl (C=O) groups excluding carboxylic acids is 2. The molecule has 1 saturated carbocycles. The highest BCUT2D eigenvalue weighted by Gasteiger charge is 2.37. The fourth-order valence-corrected chi connectivity index (χ4v) is 3.83. The first-order valence-corrected chi connectivity index (χ1v) is 11.0. The third kappa shape index (κ3) is 8.22. The molecular formula is C26H35F3N2O2. The molecule has 0 radical (unpaired) electrons. The van der Waals surface area contributed by atoms with Gasteiger partial charge in [-0.15, -0.1) is 0 Å². The molecule has 0 unspecified atom stereocenters. The van der Waals surface area contributed by atoms with Gasteiger partial charge in [0.25, 0.3) is 5.91 Å². The third-order valence-corrected chi connectivity index (χ3v) is 5.82. The largest absolute Gasteiger partial charge is 0.395 e. The van der Waals surface area contributed by atoms with E-state index in [0.29, 0.717) is 17.7 Å². The number of rotatable bonds is 5. The zero-order chi connectivity index (χ0) is 23.7. The summed E-state index contributed by atoms with van der Waals surface area (Å²) < 4.78 is 38.2. The van der Waals surface area contributed by atoms with Crippen LogP contribution in [0.2, 0.25) is 0 Å². The monoisotopic (exact) mass is 464 g/mol. The first-order chi connectivity index (χ1) is 15.1. The van der Waals surface area contributed by atoms with Crippen molar-refractivity contribution in [3.63, 3.8) is 0 Å².